The number of carbonyl (C=O) groups excluding carboxylic acids is 1. The van der Waals surface area contributed by atoms with Crippen LogP contribution in [0.5, 0.6) is 0 Å². The van der Waals surface area contributed by atoms with E-state index < -0.39 is 5.92 Å². The SMILES string of the molecule is C[C@H]1CCN1c1nc(-c2noc(CC(=O)N3CCNCC3)n2)c2c(n1)C(F)(F)CC2. The van der Waals surface area contributed by atoms with E-state index in [1.165, 1.54) is 0 Å². The predicted molar refractivity (Wildman–Crippen MR) is 102 cm³/mol. The molecule has 2 aromatic rings. The van der Waals surface area contributed by atoms with Crippen molar-refractivity contribution in [1.82, 2.24) is 30.3 Å². The number of fused-ring (bicyclic) bond motifs is 1. The van der Waals surface area contributed by atoms with E-state index in [-0.39, 0.29) is 60.3 Å². The Balaban J connectivity index is 1.45. The Labute approximate surface area is 171 Å². The maximum absolute atomic E-state index is 14.5. The molecule has 1 N–H and O–H groups in total. The summed E-state index contributed by atoms with van der Waals surface area (Å²) in [6.45, 7) is 5.49. The van der Waals surface area contributed by atoms with Crippen LogP contribution in [0.1, 0.15) is 36.9 Å². The molecular weight excluding hydrogens is 396 g/mol. The fourth-order valence-corrected chi connectivity index (χ4v) is 4.12. The van der Waals surface area contributed by atoms with Crippen LogP contribution in [0.25, 0.3) is 11.5 Å². The second-order valence-electron chi connectivity index (χ2n) is 8.05. The van der Waals surface area contributed by atoms with Crippen LogP contribution in [0, 0.1) is 0 Å². The summed E-state index contributed by atoms with van der Waals surface area (Å²) in [5, 5.41) is 7.14. The van der Waals surface area contributed by atoms with Gasteiger partial charge in [0.1, 0.15) is 17.8 Å². The van der Waals surface area contributed by atoms with Crippen molar-refractivity contribution in [3.8, 4) is 11.5 Å². The highest BCUT2D eigenvalue weighted by Crippen LogP contribution is 2.44. The molecule has 2 aromatic heterocycles. The molecule has 2 fully saturated rings. The van der Waals surface area contributed by atoms with E-state index >= 15 is 0 Å². The number of alkyl halides is 2. The second-order valence-corrected chi connectivity index (χ2v) is 8.05. The van der Waals surface area contributed by atoms with Gasteiger partial charge in [-0.25, -0.2) is 9.97 Å². The van der Waals surface area contributed by atoms with Crippen LogP contribution >= 0.6 is 0 Å². The largest absolute Gasteiger partial charge is 0.340 e. The number of carbonyl (C=O) groups is 1. The van der Waals surface area contributed by atoms with E-state index in [9.17, 15) is 13.6 Å². The van der Waals surface area contributed by atoms with E-state index in [2.05, 4.69) is 25.4 Å². The molecule has 1 amide bonds. The first kappa shape index (κ1) is 19.3. The Kier molecular flexibility index (Phi) is 4.64. The summed E-state index contributed by atoms with van der Waals surface area (Å²) in [5.41, 5.74) is 0.387. The second kappa shape index (κ2) is 7.22. The predicted octanol–water partition coefficient (Wildman–Crippen LogP) is 1.14. The van der Waals surface area contributed by atoms with Gasteiger partial charge in [-0.3, -0.25) is 4.79 Å². The number of hydrogen-bond acceptors (Lipinski definition) is 8. The number of halogens is 2. The molecule has 2 aliphatic heterocycles. The molecule has 30 heavy (non-hydrogen) atoms. The Morgan fingerprint density at radius 3 is 2.73 bits per heavy atom. The highest BCUT2D eigenvalue weighted by molar-refractivity contribution is 5.78. The zero-order valence-corrected chi connectivity index (χ0v) is 16.7. The summed E-state index contributed by atoms with van der Waals surface area (Å²) < 4.78 is 34.2. The molecule has 5 rings (SSSR count). The monoisotopic (exact) mass is 419 g/mol. The molecule has 4 heterocycles. The third-order valence-corrected chi connectivity index (χ3v) is 6.06. The fraction of sp³-hybridized carbons (Fsp3) is 0.632. The number of nitrogens with zero attached hydrogens (tertiary/aromatic N) is 6. The van der Waals surface area contributed by atoms with Gasteiger partial charge in [0.2, 0.25) is 23.6 Å². The van der Waals surface area contributed by atoms with Gasteiger partial charge in [-0.1, -0.05) is 5.16 Å². The van der Waals surface area contributed by atoms with Crippen molar-refractivity contribution < 1.29 is 18.1 Å². The highest BCUT2D eigenvalue weighted by atomic mass is 19.3. The minimum atomic E-state index is -3.00. The summed E-state index contributed by atoms with van der Waals surface area (Å²) in [4.78, 5) is 29.1. The lowest BCUT2D eigenvalue weighted by atomic mass is 10.1. The first-order valence-electron chi connectivity index (χ1n) is 10.3. The number of piperazine rings is 1. The molecule has 9 nitrogen and oxygen atoms in total. The summed E-state index contributed by atoms with van der Waals surface area (Å²) in [5.74, 6) is -2.54. The van der Waals surface area contributed by atoms with Gasteiger partial charge in [0.25, 0.3) is 5.92 Å². The van der Waals surface area contributed by atoms with Crippen molar-refractivity contribution in [3.05, 3.63) is 17.1 Å². The molecule has 11 heteroatoms. The van der Waals surface area contributed by atoms with Gasteiger partial charge in [0.05, 0.1) is 0 Å². The van der Waals surface area contributed by atoms with Gasteiger partial charge < -0.3 is 19.6 Å². The van der Waals surface area contributed by atoms with E-state index in [4.69, 9.17) is 4.52 Å². The van der Waals surface area contributed by atoms with Gasteiger partial charge in [-0.05, 0) is 19.8 Å². The first-order valence-corrected chi connectivity index (χ1v) is 10.3. The molecule has 0 unspecified atom stereocenters. The Morgan fingerprint density at radius 1 is 1.23 bits per heavy atom. The average molecular weight is 419 g/mol. The molecule has 160 valence electrons. The number of anilines is 1. The summed E-state index contributed by atoms with van der Waals surface area (Å²) >= 11 is 0. The van der Waals surface area contributed by atoms with Crippen molar-refractivity contribution in [3.63, 3.8) is 0 Å². The lowest BCUT2D eigenvalue weighted by molar-refractivity contribution is -0.131. The number of hydrogen-bond donors (Lipinski definition) is 1. The Bertz CT molecular complexity index is 974. The normalized spacial score (nSPS) is 22.7. The van der Waals surface area contributed by atoms with E-state index in [1.807, 2.05) is 11.8 Å². The molecule has 3 aliphatic rings. The average Bonchev–Trinajstić information content (AvgIpc) is 3.31. The molecular formula is C19H23F2N7O2. The van der Waals surface area contributed by atoms with Crippen LogP contribution in [0.2, 0.25) is 0 Å². The maximum atomic E-state index is 14.5. The molecule has 2 saturated heterocycles. The quantitative estimate of drug-likeness (QED) is 0.788. The molecule has 1 aliphatic carbocycles. The van der Waals surface area contributed by atoms with Gasteiger partial charge in [0.15, 0.2) is 0 Å². The fourth-order valence-electron chi connectivity index (χ4n) is 4.12. The van der Waals surface area contributed by atoms with Gasteiger partial charge in [0, 0.05) is 50.7 Å². The molecule has 0 aromatic carbocycles. The molecule has 0 radical (unpaired) electrons. The molecule has 1 atom stereocenters. The smallest absolute Gasteiger partial charge is 0.290 e. The van der Waals surface area contributed by atoms with Gasteiger partial charge in [-0.2, -0.15) is 13.8 Å². The van der Waals surface area contributed by atoms with E-state index in [0.717, 1.165) is 26.1 Å². The van der Waals surface area contributed by atoms with Crippen molar-refractivity contribution in [1.29, 1.82) is 0 Å². The highest BCUT2D eigenvalue weighted by Gasteiger charge is 2.44. The van der Waals surface area contributed by atoms with E-state index in [0.29, 0.717) is 18.7 Å². The van der Waals surface area contributed by atoms with Crippen LogP contribution in [0.3, 0.4) is 0 Å². The summed E-state index contributed by atoms with van der Waals surface area (Å²) in [6.07, 6.45) is 0.783. The van der Waals surface area contributed by atoms with Crippen molar-refractivity contribution in [2.24, 2.45) is 0 Å². The van der Waals surface area contributed by atoms with Crippen LogP contribution < -0.4 is 10.2 Å². The Hall–Kier alpha value is -2.69. The molecule has 0 spiro atoms. The maximum Gasteiger partial charge on any atom is 0.290 e. The van der Waals surface area contributed by atoms with Crippen molar-refractivity contribution >= 4 is 11.9 Å². The van der Waals surface area contributed by atoms with Crippen molar-refractivity contribution in [2.75, 3.05) is 37.6 Å². The topological polar surface area (TPSA) is 100 Å². The summed E-state index contributed by atoms with van der Waals surface area (Å²) in [7, 11) is 0. The number of amides is 1. The lowest BCUT2D eigenvalue weighted by Gasteiger charge is -2.39. The minimum absolute atomic E-state index is 0.0214. The third kappa shape index (κ3) is 3.30. The zero-order chi connectivity index (χ0) is 20.9. The van der Waals surface area contributed by atoms with Crippen LogP contribution in [-0.2, 0) is 23.6 Å². The van der Waals surface area contributed by atoms with Crippen LogP contribution in [0.15, 0.2) is 4.52 Å². The van der Waals surface area contributed by atoms with E-state index in [1.54, 1.807) is 4.90 Å². The van der Waals surface area contributed by atoms with Crippen LogP contribution in [-0.4, -0.2) is 69.7 Å². The third-order valence-electron chi connectivity index (χ3n) is 6.06. The summed E-state index contributed by atoms with van der Waals surface area (Å²) in [6, 6.07) is 0.198. The van der Waals surface area contributed by atoms with Gasteiger partial charge >= 0.3 is 0 Å². The lowest BCUT2D eigenvalue weighted by Crippen LogP contribution is -2.47. The van der Waals surface area contributed by atoms with Gasteiger partial charge in [-0.15, -0.1) is 0 Å². The van der Waals surface area contributed by atoms with Crippen molar-refractivity contribution in [2.45, 2.75) is 44.6 Å². The first-order chi connectivity index (χ1) is 14.4. The minimum Gasteiger partial charge on any atom is -0.340 e. The number of aromatic nitrogens is 4. The zero-order valence-electron chi connectivity index (χ0n) is 16.7. The number of rotatable bonds is 4. The standard InChI is InChI=1S/C19H23F2N7O2/c1-11-3-7-28(11)18-24-15(12-2-4-19(20,21)16(12)25-18)17-23-13(30-26-17)10-14(29)27-8-5-22-6-9-27/h11,22H,2-10H2,1H3/t11-/m0/s1. The molecule has 0 bridgehead atoms. The Morgan fingerprint density at radius 2 is 2.03 bits per heavy atom. The number of nitrogens with one attached hydrogen (secondary N) is 1. The molecule has 0 saturated carbocycles. The van der Waals surface area contributed by atoms with Crippen LogP contribution in [0.4, 0.5) is 14.7 Å².